The molecule has 132 valence electrons. The molecule has 0 saturated heterocycles. The number of thiazole rings is 1. The predicted molar refractivity (Wildman–Crippen MR) is 103 cm³/mol. The average Bonchev–Trinajstić information content (AvgIpc) is 3.32. The van der Waals surface area contributed by atoms with E-state index in [0.29, 0.717) is 12.1 Å². The van der Waals surface area contributed by atoms with Gasteiger partial charge in [-0.25, -0.2) is 15.0 Å². The quantitative estimate of drug-likeness (QED) is 0.503. The van der Waals surface area contributed by atoms with E-state index in [2.05, 4.69) is 26.0 Å². The van der Waals surface area contributed by atoms with Crippen molar-refractivity contribution in [2.24, 2.45) is 0 Å². The first-order valence-corrected chi connectivity index (χ1v) is 9.38. The molecule has 0 saturated carbocycles. The van der Waals surface area contributed by atoms with Gasteiger partial charge in [0.2, 0.25) is 0 Å². The van der Waals surface area contributed by atoms with Crippen LogP contribution in [0, 0.1) is 6.92 Å². The van der Waals surface area contributed by atoms with Gasteiger partial charge in [0.05, 0.1) is 22.6 Å². The van der Waals surface area contributed by atoms with Crippen LogP contribution in [0.4, 0.5) is 0 Å². The van der Waals surface area contributed by atoms with Crippen molar-refractivity contribution in [1.82, 2.24) is 24.1 Å². The fraction of sp³-hybridized carbons (Fsp3) is 0.263. The number of ketones is 1. The molecule has 7 heteroatoms. The van der Waals surface area contributed by atoms with E-state index in [0.717, 1.165) is 39.9 Å². The zero-order valence-electron chi connectivity index (χ0n) is 14.9. The number of aromatic nitrogens is 5. The Kier molecular flexibility index (Phi) is 4.16. The standard InChI is InChI=1S/C19H19N5OS/c1-4-24-17-6-5-14(12(2)25)9-15(17)22-18(24)10-23-8-7-20-19(23)16-11-26-13(3)21-16/h5-9,11H,4,10H2,1-3H3. The summed E-state index contributed by atoms with van der Waals surface area (Å²) in [6, 6.07) is 5.71. The summed E-state index contributed by atoms with van der Waals surface area (Å²) in [6.07, 6.45) is 3.74. The molecule has 26 heavy (non-hydrogen) atoms. The van der Waals surface area contributed by atoms with E-state index < -0.39 is 0 Å². The Morgan fingerprint density at radius 3 is 2.81 bits per heavy atom. The van der Waals surface area contributed by atoms with Crippen LogP contribution in [0.2, 0.25) is 0 Å². The van der Waals surface area contributed by atoms with Gasteiger partial charge in [0.25, 0.3) is 0 Å². The van der Waals surface area contributed by atoms with Crippen molar-refractivity contribution in [2.45, 2.75) is 33.9 Å². The van der Waals surface area contributed by atoms with Gasteiger partial charge in [-0.15, -0.1) is 11.3 Å². The molecule has 0 aliphatic rings. The maximum absolute atomic E-state index is 11.7. The lowest BCUT2D eigenvalue weighted by molar-refractivity contribution is 0.101. The van der Waals surface area contributed by atoms with Crippen LogP contribution >= 0.6 is 11.3 Å². The molecule has 0 spiro atoms. The summed E-state index contributed by atoms with van der Waals surface area (Å²) in [5.74, 6) is 1.83. The highest BCUT2D eigenvalue weighted by atomic mass is 32.1. The minimum atomic E-state index is 0.0512. The molecule has 6 nitrogen and oxygen atoms in total. The molecule has 1 aromatic carbocycles. The molecule has 3 aromatic heterocycles. The Morgan fingerprint density at radius 1 is 1.27 bits per heavy atom. The third kappa shape index (κ3) is 2.84. The molecule has 0 N–H and O–H groups in total. The maximum Gasteiger partial charge on any atom is 0.159 e. The number of Topliss-reactive ketones (excluding diaryl/α,β-unsaturated/α-hetero) is 1. The van der Waals surface area contributed by atoms with E-state index in [-0.39, 0.29) is 5.78 Å². The summed E-state index contributed by atoms with van der Waals surface area (Å²) in [4.78, 5) is 25.5. The van der Waals surface area contributed by atoms with Gasteiger partial charge < -0.3 is 9.13 Å². The molecular formula is C19H19N5OS. The Hall–Kier alpha value is -2.80. The first kappa shape index (κ1) is 16.7. The van der Waals surface area contributed by atoms with Gasteiger partial charge in [-0.3, -0.25) is 4.79 Å². The summed E-state index contributed by atoms with van der Waals surface area (Å²) in [5.41, 5.74) is 3.46. The Balaban J connectivity index is 1.76. The highest BCUT2D eigenvalue weighted by Gasteiger charge is 2.15. The van der Waals surface area contributed by atoms with Crippen molar-refractivity contribution in [1.29, 1.82) is 0 Å². The second kappa shape index (κ2) is 6.49. The SMILES string of the molecule is CCn1c(Cn2ccnc2-c2csc(C)n2)nc2cc(C(C)=O)ccc21. The molecule has 0 radical (unpaired) electrons. The number of rotatable bonds is 5. The summed E-state index contributed by atoms with van der Waals surface area (Å²) >= 11 is 1.62. The van der Waals surface area contributed by atoms with E-state index in [1.807, 2.05) is 36.7 Å². The molecule has 0 aliphatic heterocycles. The molecule has 0 aliphatic carbocycles. The van der Waals surface area contributed by atoms with Crippen LogP contribution in [0.1, 0.15) is 35.0 Å². The van der Waals surface area contributed by atoms with Crippen molar-refractivity contribution in [3.63, 3.8) is 0 Å². The number of hydrogen-bond acceptors (Lipinski definition) is 5. The highest BCUT2D eigenvalue weighted by Crippen LogP contribution is 2.23. The van der Waals surface area contributed by atoms with Crippen LogP contribution in [0.15, 0.2) is 36.0 Å². The molecule has 4 aromatic rings. The second-order valence-electron chi connectivity index (χ2n) is 6.16. The van der Waals surface area contributed by atoms with Crippen LogP contribution in [-0.4, -0.2) is 29.9 Å². The molecular weight excluding hydrogens is 346 g/mol. The van der Waals surface area contributed by atoms with Gasteiger partial charge in [-0.2, -0.15) is 0 Å². The Labute approximate surface area is 155 Å². The Morgan fingerprint density at radius 2 is 2.12 bits per heavy atom. The maximum atomic E-state index is 11.7. The number of hydrogen-bond donors (Lipinski definition) is 0. The van der Waals surface area contributed by atoms with Crippen LogP contribution in [0.5, 0.6) is 0 Å². The van der Waals surface area contributed by atoms with E-state index in [1.54, 1.807) is 24.5 Å². The predicted octanol–water partition coefficient (Wildman–Crippen LogP) is 3.94. The fourth-order valence-electron chi connectivity index (χ4n) is 3.16. The van der Waals surface area contributed by atoms with E-state index in [9.17, 15) is 4.79 Å². The lowest BCUT2D eigenvalue weighted by atomic mass is 10.1. The van der Waals surface area contributed by atoms with E-state index in [4.69, 9.17) is 4.98 Å². The number of fused-ring (bicyclic) bond motifs is 1. The third-order valence-corrected chi connectivity index (χ3v) is 5.20. The topological polar surface area (TPSA) is 65.6 Å². The van der Waals surface area contributed by atoms with Gasteiger partial charge in [0.1, 0.15) is 11.5 Å². The third-order valence-electron chi connectivity index (χ3n) is 4.43. The summed E-state index contributed by atoms with van der Waals surface area (Å²) in [6.45, 7) is 7.08. The first-order chi connectivity index (χ1) is 12.6. The molecule has 0 atom stereocenters. The lowest BCUT2D eigenvalue weighted by Gasteiger charge is -2.09. The summed E-state index contributed by atoms with van der Waals surface area (Å²) in [5, 5.41) is 3.04. The van der Waals surface area contributed by atoms with Gasteiger partial charge >= 0.3 is 0 Å². The zero-order chi connectivity index (χ0) is 18.3. The highest BCUT2D eigenvalue weighted by molar-refractivity contribution is 7.09. The van der Waals surface area contributed by atoms with Crippen molar-refractivity contribution >= 4 is 28.2 Å². The Bertz CT molecular complexity index is 1100. The average molecular weight is 365 g/mol. The van der Waals surface area contributed by atoms with Crippen molar-refractivity contribution < 1.29 is 4.79 Å². The number of benzene rings is 1. The van der Waals surface area contributed by atoms with Crippen molar-refractivity contribution in [2.75, 3.05) is 0 Å². The minimum Gasteiger partial charge on any atom is -0.327 e. The number of aryl methyl sites for hydroxylation is 2. The van der Waals surface area contributed by atoms with Crippen LogP contribution in [0.3, 0.4) is 0 Å². The van der Waals surface area contributed by atoms with Gasteiger partial charge in [0.15, 0.2) is 11.6 Å². The lowest BCUT2D eigenvalue weighted by Crippen LogP contribution is -2.08. The van der Waals surface area contributed by atoms with Crippen molar-refractivity contribution in [3.05, 3.63) is 52.4 Å². The van der Waals surface area contributed by atoms with Crippen LogP contribution in [0.25, 0.3) is 22.6 Å². The largest absolute Gasteiger partial charge is 0.327 e. The molecule has 3 heterocycles. The summed E-state index contributed by atoms with van der Waals surface area (Å²) in [7, 11) is 0. The monoisotopic (exact) mass is 365 g/mol. The van der Waals surface area contributed by atoms with Gasteiger partial charge in [-0.05, 0) is 39.0 Å². The van der Waals surface area contributed by atoms with Crippen molar-refractivity contribution in [3.8, 4) is 11.5 Å². The van der Waals surface area contributed by atoms with Gasteiger partial charge in [-0.1, -0.05) is 0 Å². The smallest absolute Gasteiger partial charge is 0.159 e. The summed E-state index contributed by atoms with van der Waals surface area (Å²) < 4.78 is 4.24. The minimum absolute atomic E-state index is 0.0512. The van der Waals surface area contributed by atoms with Crippen LogP contribution < -0.4 is 0 Å². The van der Waals surface area contributed by atoms with Crippen LogP contribution in [-0.2, 0) is 13.1 Å². The normalized spacial score (nSPS) is 11.3. The van der Waals surface area contributed by atoms with E-state index >= 15 is 0 Å². The molecule has 0 fully saturated rings. The van der Waals surface area contributed by atoms with Gasteiger partial charge in [0, 0.05) is 29.9 Å². The fourth-order valence-corrected chi connectivity index (χ4v) is 3.75. The molecule has 0 unspecified atom stereocenters. The number of imidazole rings is 2. The number of carbonyl (C=O) groups excluding carboxylic acids is 1. The molecule has 0 bridgehead atoms. The number of nitrogens with zero attached hydrogens (tertiary/aromatic N) is 5. The molecule has 4 rings (SSSR count). The van der Waals surface area contributed by atoms with E-state index in [1.165, 1.54) is 0 Å². The second-order valence-corrected chi connectivity index (χ2v) is 7.22. The first-order valence-electron chi connectivity index (χ1n) is 8.50. The zero-order valence-corrected chi connectivity index (χ0v) is 15.7. The molecule has 0 amide bonds. The number of carbonyl (C=O) groups is 1.